The Morgan fingerprint density at radius 2 is 0.677 bits per heavy atom. The first kappa shape index (κ1) is 24.4. The van der Waals surface area contributed by atoms with E-state index < -0.39 is 90.6 Å². The average Bonchev–Trinajstić information content (AvgIpc) is 2.72. The van der Waals surface area contributed by atoms with Gasteiger partial charge in [-0.2, -0.15) is 0 Å². The van der Waals surface area contributed by atoms with E-state index in [4.69, 9.17) is 0 Å². The van der Waals surface area contributed by atoms with Gasteiger partial charge in [-0.25, -0.2) is 52.3 Å². The molecule has 2 aromatic carbocycles. The van der Waals surface area contributed by atoms with Crippen molar-refractivity contribution >= 4 is 22.0 Å². The Morgan fingerprint density at radius 3 is 0.935 bits per heavy atom. The fourth-order valence-electron chi connectivity index (χ4n) is 2.23. The highest BCUT2D eigenvalue weighted by Crippen LogP contribution is 2.25. The SMILES string of the molecule is O=S(=O)(CC=Cc1c(F)c(F)c(F)c(F)c1F)CC=Cc1c(F)c(F)c(F)c(F)c1F. The first-order chi connectivity index (χ1) is 14.3. The fourth-order valence-corrected chi connectivity index (χ4v) is 3.14. The van der Waals surface area contributed by atoms with Crippen molar-refractivity contribution in [3.05, 3.63) is 81.5 Å². The Balaban J connectivity index is 2.20. The van der Waals surface area contributed by atoms with Gasteiger partial charge >= 0.3 is 0 Å². The highest BCUT2D eigenvalue weighted by Gasteiger charge is 2.25. The van der Waals surface area contributed by atoms with Crippen LogP contribution in [0.1, 0.15) is 11.1 Å². The van der Waals surface area contributed by atoms with Gasteiger partial charge in [0.25, 0.3) is 0 Å². The van der Waals surface area contributed by atoms with Crippen LogP contribution >= 0.6 is 0 Å². The lowest BCUT2D eigenvalue weighted by molar-refractivity contribution is 0.377. The molecule has 0 radical (unpaired) electrons. The van der Waals surface area contributed by atoms with Crippen molar-refractivity contribution in [2.45, 2.75) is 0 Å². The second-order valence-corrected chi connectivity index (χ2v) is 8.00. The molecule has 0 spiro atoms. The van der Waals surface area contributed by atoms with Crippen LogP contribution in [0.25, 0.3) is 12.2 Å². The van der Waals surface area contributed by atoms with Gasteiger partial charge < -0.3 is 0 Å². The molecule has 0 N–H and O–H groups in total. The van der Waals surface area contributed by atoms with Crippen molar-refractivity contribution in [3.8, 4) is 0 Å². The number of hydrogen-bond donors (Lipinski definition) is 0. The van der Waals surface area contributed by atoms with Gasteiger partial charge in [0, 0.05) is 0 Å². The van der Waals surface area contributed by atoms with Crippen LogP contribution in [0.4, 0.5) is 43.9 Å². The predicted octanol–water partition coefficient (Wildman–Crippen LogP) is 5.22. The van der Waals surface area contributed by atoms with E-state index in [1.807, 2.05) is 0 Å². The number of hydrogen-bond acceptors (Lipinski definition) is 2. The van der Waals surface area contributed by atoms with Gasteiger partial charge in [-0.05, 0) is 0 Å². The molecule has 2 nitrogen and oxygen atoms in total. The number of benzene rings is 2. The summed E-state index contributed by atoms with van der Waals surface area (Å²) in [5.74, 6) is -24.6. The van der Waals surface area contributed by atoms with Gasteiger partial charge in [0.05, 0.1) is 22.6 Å². The van der Waals surface area contributed by atoms with Gasteiger partial charge in [0.15, 0.2) is 56.4 Å². The van der Waals surface area contributed by atoms with Gasteiger partial charge in [0.1, 0.15) is 0 Å². The molecule has 0 atom stereocenters. The van der Waals surface area contributed by atoms with Crippen LogP contribution in [0.15, 0.2) is 12.2 Å². The first-order valence-corrected chi connectivity index (χ1v) is 9.68. The summed E-state index contributed by atoms with van der Waals surface area (Å²) in [6.45, 7) is 0. The van der Waals surface area contributed by atoms with Crippen LogP contribution in [0, 0.1) is 58.2 Å². The molecule has 13 heteroatoms. The second-order valence-electron chi connectivity index (χ2n) is 5.85. The van der Waals surface area contributed by atoms with Gasteiger partial charge in [-0.15, -0.1) is 0 Å². The summed E-state index contributed by atoms with van der Waals surface area (Å²) in [7, 11) is -4.22. The molecule has 2 rings (SSSR count). The van der Waals surface area contributed by atoms with Crippen LogP contribution in [-0.2, 0) is 9.84 Å². The molecular formula is C18H8F10O2S. The van der Waals surface area contributed by atoms with E-state index >= 15 is 0 Å². The summed E-state index contributed by atoms with van der Waals surface area (Å²) < 4.78 is 156. The molecule has 0 saturated carbocycles. The molecule has 0 heterocycles. The van der Waals surface area contributed by atoms with Crippen molar-refractivity contribution < 1.29 is 52.3 Å². The van der Waals surface area contributed by atoms with Crippen molar-refractivity contribution in [2.75, 3.05) is 11.5 Å². The second kappa shape index (κ2) is 9.12. The predicted molar refractivity (Wildman–Crippen MR) is 89.2 cm³/mol. The lowest BCUT2D eigenvalue weighted by atomic mass is 10.1. The Kier molecular flexibility index (Phi) is 7.19. The van der Waals surface area contributed by atoms with E-state index in [-0.39, 0.29) is 0 Å². The highest BCUT2D eigenvalue weighted by atomic mass is 32.2. The molecule has 2 aromatic rings. The maximum absolute atomic E-state index is 13.5. The normalized spacial score (nSPS) is 12.5. The van der Waals surface area contributed by atoms with Crippen LogP contribution in [0.2, 0.25) is 0 Å². The quantitative estimate of drug-likeness (QED) is 0.324. The third kappa shape index (κ3) is 4.92. The molecule has 168 valence electrons. The summed E-state index contributed by atoms with van der Waals surface area (Å²) in [4.78, 5) is 0. The minimum atomic E-state index is -4.22. The monoisotopic (exact) mass is 478 g/mol. The van der Waals surface area contributed by atoms with Crippen LogP contribution < -0.4 is 0 Å². The molecule has 0 aromatic heterocycles. The van der Waals surface area contributed by atoms with Crippen molar-refractivity contribution in [1.29, 1.82) is 0 Å². The van der Waals surface area contributed by atoms with Crippen LogP contribution in [0.3, 0.4) is 0 Å². The number of rotatable bonds is 6. The van der Waals surface area contributed by atoms with E-state index in [9.17, 15) is 52.3 Å². The van der Waals surface area contributed by atoms with Crippen LogP contribution in [0.5, 0.6) is 0 Å². The highest BCUT2D eigenvalue weighted by molar-refractivity contribution is 7.91. The molecule has 31 heavy (non-hydrogen) atoms. The summed E-state index contributed by atoms with van der Waals surface area (Å²) in [5, 5.41) is 0. The molecule has 0 bridgehead atoms. The van der Waals surface area contributed by atoms with Crippen molar-refractivity contribution in [2.24, 2.45) is 0 Å². The van der Waals surface area contributed by atoms with Crippen LogP contribution in [-0.4, -0.2) is 19.9 Å². The number of halogens is 10. The van der Waals surface area contributed by atoms with Gasteiger partial charge in [-0.1, -0.05) is 24.3 Å². The lowest BCUT2D eigenvalue weighted by Crippen LogP contribution is -2.08. The summed E-state index contributed by atoms with van der Waals surface area (Å²) in [6.07, 6.45) is 1.73. The molecule has 0 amide bonds. The van der Waals surface area contributed by atoms with E-state index in [0.29, 0.717) is 24.3 Å². The Labute approximate surface area is 168 Å². The average molecular weight is 478 g/mol. The Bertz CT molecular complexity index is 1060. The van der Waals surface area contributed by atoms with E-state index in [0.717, 1.165) is 0 Å². The largest absolute Gasteiger partial charge is 0.228 e. The van der Waals surface area contributed by atoms with Crippen molar-refractivity contribution in [1.82, 2.24) is 0 Å². The van der Waals surface area contributed by atoms with Crippen molar-refractivity contribution in [3.63, 3.8) is 0 Å². The van der Waals surface area contributed by atoms with E-state index in [1.165, 1.54) is 0 Å². The van der Waals surface area contributed by atoms with Gasteiger partial charge in [-0.3, -0.25) is 0 Å². The standard InChI is InChI=1S/C18H8F10O2S/c19-9-7(10(20)14(24)17(27)13(9)23)3-1-5-31(29,30)6-2-4-8-11(21)15(25)18(28)16(26)12(8)22/h1-4H,5-6H2. The summed E-state index contributed by atoms with van der Waals surface area (Å²) >= 11 is 0. The minimum Gasteiger partial charge on any atom is -0.228 e. The maximum Gasteiger partial charge on any atom is 0.200 e. The zero-order valence-electron chi connectivity index (χ0n) is 14.7. The topological polar surface area (TPSA) is 34.1 Å². The Hall–Kier alpha value is -2.83. The van der Waals surface area contributed by atoms with E-state index in [2.05, 4.69) is 0 Å². The molecular weight excluding hydrogens is 470 g/mol. The van der Waals surface area contributed by atoms with E-state index in [1.54, 1.807) is 0 Å². The molecule has 0 fully saturated rings. The zero-order chi connectivity index (χ0) is 23.7. The molecule has 0 saturated heterocycles. The molecule has 0 aliphatic carbocycles. The smallest absolute Gasteiger partial charge is 0.200 e. The fraction of sp³-hybridized carbons (Fsp3) is 0.111. The van der Waals surface area contributed by atoms with Gasteiger partial charge in [0.2, 0.25) is 11.6 Å². The zero-order valence-corrected chi connectivity index (χ0v) is 15.5. The lowest BCUT2D eigenvalue weighted by Gasteiger charge is -2.05. The third-order valence-electron chi connectivity index (χ3n) is 3.76. The molecule has 0 aliphatic heterocycles. The minimum absolute atomic E-state index is 0.321. The number of sulfone groups is 1. The molecule has 0 aliphatic rings. The summed E-state index contributed by atoms with van der Waals surface area (Å²) in [5.41, 5.74) is -2.80. The first-order valence-electron chi connectivity index (χ1n) is 7.86. The summed E-state index contributed by atoms with van der Waals surface area (Å²) in [6, 6.07) is 0. The maximum atomic E-state index is 13.5. The Morgan fingerprint density at radius 1 is 0.452 bits per heavy atom. The third-order valence-corrected chi connectivity index (χ3v) is 5.16. The molecule has 0 unspecified atom stereocenters.